The molecule has 0 aliphatic rings. The van der Waals surface area contributed by atoms with Crippen molar-refractivity contribution in [2.45, 2.75) is 477 Å². The summed E-state index contributed by atoms with van der Waals surface area (Å²) in [6.45, 7) is 7.35. The van der Waals surface area contributed by atoms with E-state index in [9.17, 15) is 43.2 Å². The molecule has 17 nitrogen and oxygen atoms in total. The quantitative estimate of drug-likeness (QED) is 0.0222. The van der Waals surface area contributed by atoms with Crippen LogP contribution < -0.4 is 0 Å². The van der Waals surface area contributed by atoms with E-state index in [0.29, 0.717) is 25.7 Å². The summed E-state index contributed by atoms with van der Waals surface area (Å²) in [5, 5.41) is 10.7. The molecule has 0 bridgehead atoms. The van der Waals surface area contributed by atoms with Crippen molar-refractivity contribution >= 4 is 39.5 Å². The summed E-state index contributed by atoms with van der Waals surface area (Å²) in [6, 6.07) is 0. The van der Waals surface area contributed by atoms with Crippen LogP contribution in [-0.4, -0.2) is 96.7 Å². The third-order valence-electron chi connectivity index (χ3n) is 20.0. The number of hydrogen-bond donors (Lipinski definition) is 3. The summed E-state index contributed by atoms with van der Waals surface area (Å²) in [5.74, 6) is -1.36. The predicted molar refractivity (Wildman–Crippen MR) is 428 cm³/mol. The number of phosphoric acid groups is 2. The fourth-order valence-corrected chi connectivity index (χ4v) is 14.9. The van der Waals surface area contributed by atoms with Crippen LogP contribution in [0.1, 0.15) is 458 Å². The molecule has 0 fully saturated rings. The first kappa shape index (κ1) is 102. The van der Waals surface area contributed by atoms with Crippen molar-refractivity contribution in [3.05, 3.63) is 0 Å². The molecule has 0 heterocycles. The molecule has 0 aromatic rings. The fourth-order valence-electron chi connectivity index (χ4n) is 13.3. The van der Waals surface area contributed by atoms with E-state index in [4.69, 9.17) is 37.0 Å². The highest BCUT2D eigenvalue weighted by atomic mass is 31.2. The zero-order valence-electron chi connectivity index (χ0n) is 68.2. The molecule has 5 atom stereocenters. The number of rotatable bonds is 85. The first-order valence-electron chi connectivity index (χ1n) is 44.1. The molecule has 0 saturated carbocycles. The van der Waals surface area contributed by atoms with E-state index in [1.165, 1.54) is 283 Å². The van der Waals surface area contributed by atoms with Crippen LogP contribution in [0, 0.1) is 5.92 Å². The molecule has 0 saturated heterocycles. The van der Waals surface area contributed by atoms with Crippen LogP contribution in [0.5, 0.6) is 0 Å². The highest BCUT2D eigenvalue weighted by Crippen LogP contribution is 2.45. The van der Waals surface area contributed by atoms with E-state index in [0.717, 1.165) is 95.8 Å². The highest BCUT2D eigenvalue weighted by Gasteiger charge is 2.30. The lowest BCUT2D eigenvalue weighted by Crippen LogP contribution is -2.30. The molecule has 0 spiro atoms. The van der Waals surface area contributed by atoms with Gasteiger partial charge in [0.05, 0.1) is 26.4 Å². The molecule has 19 heteroatoms. The number of esters is 4. The minimum atomic E-state index is -4.96. The smallest absolute Gasteiger partial charge is 0.462 e. The van der Waals surface area contributed by atoms with E-state index >= 15 is 0 Å². The van der Waals surface area contributed by atoms with E-state index in [1.54, 1.807) is 0 Å². The van der Waals surface area contributed by atoms with Gasteiger partial charge < -0.3 is 33.8 Å². The third kappa shape index (κ3) is 78.2. The number of hydrogen-bond acceptors (Lipinski definition) is 15. The van der Waals surface area contributed by atoms with Gasteiger partial charge in [-0.25, -0.2) is 9.13 Å². The Labute approximate surface area is 638 Å². The molecule has 0 radical (unpaired) electrons. The zero-order chi connectivity index (χ0) is 76.2. The van der Waals surface area contributed by atoms with Crippen molar-refractivity contribution < 1.29 is 80.2 Å². The summed E-state index contributed by atoms with van der Waals surface area (Å²) in [6.07, 6.45) is 70.7. The van der Waals surface area contributed by atoms with Crippen LogP contribution in [-0.2, 0) is 65.4 Å². The molecular formula is C85H166O17P2. The minimum Gasteiger partial charge on any atom is -0.462 e. The number of carbonyl (C=O) groups is 4. The van der Waals surface area contributed by atoms with E-state index in [2.05, 4.69) is 34.6 Å². The molecule has 0 amide bonds. The second kappa shape index (κ2) is 77.8. The summed E-state index contributed by atoms with van der Waals surface area (Å²) in [7, 11) is -9.93. The SMILES string of the molecule is CCCCCCCCCCCCCCCCCCCCC(=O)O[C@H](COC(=O)CCCCCCCCCCCCCCCCCCC)COP(=O)(O)OC[C@@H](O)COP(=O)(O)OC[C@@H](COC(=O)CCCCCCCCCCCC(C)C)OC(=O)CCCCCCCCCCCCCCCCCCC. The molecule has 0 aliphatic heterocycles. The molecule has 0 aromatic carbocycles. The van der Waals surface area contributed by atoms with Gasteiger partial charge in [0.1, 0.15) is 19.3 Å². The normalized spacial score (nSPS) is 13.8. The summed E-state index contributed by atoms with van der Waals surface area (Å²) < 4.78 is 68.9. The van der Waals surface area contributed by atoms with Crippen molar-refractivity contribution in [1.29, 1.82) is 0 Å². The maximum Gasteiger partial charge on any atom is 0.472 e. The largest absolute Gasteiger partial charge is 0.472 e. The van der Waals surface area contributed by atoms with Gasteiger partial charge in [0.25, 0.3) is 0 Å². The topological polar surface area (TPSA) is 237 Å². The number of aliphatic hydroxyl groups excluding tert-OH is 1. The van der Waals surface area contributed by atoms with Crippen LogP contribution in [0.15, 0.2) is 0 Å². The van der Waals surface area contributed by atoms with Gasteiger partial charge in [-0.1, -0.05) is 407 Å². The third-order valence-corrected chi connectivity index (χ3v) is 21.9. The Morgan fingerprint density at radius 2 is 0.442 bits per heavy atom. The molecule has 618 valence electrons. The van der Waals surface area contributed by atoms with Gasteiger partial charge in [-0.05, 0) is 31.6 Å². The van der Waals surface area contributed by atoms with E-state index < -0.39 is 97.5 Å². The second-order valence-electron chi connectivity index (χ2n) is 31.1. The van der Waals surface area contributed by atoms with Gasteiger partial charge in [-0.2, -0.15) is 0 Å². The zero-order valence-corrected chi connectivity index (χ0v) is 70.0. The number of aliphatic hydroxyl groups is 1. The molecule has 2 unspecified atom stereocenters. The summed E-state index contributed by atoms with van der Waals surface area (Å²) >= 11 is 0. The summed E-state index contributed by atoms with van der Waals surface area (Å²) in [5.41, 5.74) is 0. The molecule has 0 aliphatic carbocycles. The highest BCUT2D eigenvalue weighted by molar-refractivity contribution is 7.47. The Morgan fingerprint density at radius 1 is 0.260 bits per heavy atom. The van der Waals surface area contributed by atoms with Crippen LogP contribution in [0.2, 0.25) is 0 Å². The lowest BCUT2D eigenvalue weighted by atomic mass is 10.0. The van der Waals surface area contributed by atoms with Crippen molar-refractivity contribution in [3.8, 4) is 0 Å². The first-order chi connectivity index (χ1) is 50.5. The Bertz CT molecular complexity index is 1980. The van der Waals surface area contributed by atoms with Gasteiger partial charge in [0.15, 0.2) is 12.2 Å². The lowest BCUT2D eigenvalue weighted by Gasteiger charge is -2.21. The monoisotopic (exact) mass is 1520 g/mol. The Hall–Kier alpha value is -1.94. The van der Waals surface area contributed by atoms with Gasteiger partial charge in [0, 0.05) is 25.7 Å². The van der Waals surface area contributed by atoms with Crippen molar-refractivity contribution in [1.82, 2.24) is 0 Å². The molecule has 3 N–H and O–H groups in total. The summed E-state index contributed by atoms with van der Waals surface area (Å²) in [4.78, 5) is 73.2. The number of phosphoric ester groups is 2. The van der Waals surface area contributed by atoms with Crippen molar-refractivity contribution in [3.63, 3.8) is 0 Å². The van der Waals surface area contributed by atoms with Crippen LogP contribution >= 0.6 is 15.6 Å². The van der Waals surface area contributed by atoms with Crippen molar-refractivity contribution in [2.24, 2.45) is 5.92 Å². The maximum absolute atomic E-state index is 13.1. The van der Waals surface area contributed by atoms with Gasteiger partial charge >= 0.3 is 39.5 Å². The van der Waals surface area contributed by atoms with Crippen molar-refractivity contribution in [2.75, 3.05) is 39.6 Å². The predicted octanol–water partition coefficient (Wildman–Crippen LogP) is 26.0. The van der Waals surface area contributed by atoms with Crippen LogP contribution in [0.4, 0.5) is 0 Å². The molecule has 0 rings (SSSR count). The number of unbranched alkanes of at least 4 members (excludes halogenated alkanes) is 57. The Morgan fingerprint density at radius 3 is 0.654 bits per heavy atom. The molecular weight excluding hydrogens is 1350 g/mol. The second-order valence-corrected chi connectivity index (χ2v) is 34.0. The number of ether oxygens (including phenoxy) is 4. The number of carbonyl (C=O) groups excluding carboxylic acids is 4. The van der Waals surface area contributed by atoms with Crippen LogP contribution in [0.25, 0.3) is 0 Å². The maximum atomic E-state index is 13.1. The van der Waals surface area contributed by atoms with Gasteiger partial charge in [-0.15, -0.1) is 0 Å². The average Bonchev–Trinajstić information content (AvgIpc) is 0.922. The molecule has 0 aromatic heterocycles. The minimum absolute atomic E-state index is 0.109. The standard InChI is InChI=1S/C85H166O17P2/c1-6-9-12-15-18-21-24-27-30-33-36-39-42-45-50-56-61-66-71-84(89)101-80(74-95-82(87)68-63-58-53-48-43-40-37-34-31-28-25-22-19-16-13-10-7-2)76-99-103(91,92)97-72-79(86)73-98-104(93,94)100-77-81(75-96-83(88)69-64-59-54-51-46-47-52-57-62-67-78(4)5)102-85(90)70-65-60-55-49-44-41-38-35-32-29-26-23-20-17-14-11-8-3/h78-81,86H,6-77H2,1-5H3,(H,91,92)(H,93,94)/t79-,80-,81-/m1/s1. The average molecular weight is 1520 g/mol. The Kier molecular flexibility index (Phi) is 76.3. The molecule has 104 heavy (non-hydrogen) atoms. The van der Waals surface area contributed by atoms with Gasteiger partial charge in [0.2, 0.25) is 0 Å². The van der Waals surface area contributed by atoms with E-state index in [-0.39, 0.29) is 25.7 Å². The first-order valence-corrected chi connectivity index (χ1v) is 47.1. The lowest BCUT2D eigenvalue weighted by molar-refractivity contribution is -0.161. The fraction of sp³-hybridized carbons (Fsp3) is 0.953. The van der Waals surface area contributed by atoms with Crippen LogP contribution in [0.3, 0.4) is 0 Å². The van der Waals surface area contributed by atoms with E-state index in [1.807, 2.05) is 0 Å². The van der Waals surface area contributed by atoms with Gasteiger partial charge in [-0.3, -0.25) is 37.3 Å². The Balaban J connectivity index is 5.26.